The Labute approximate surface area is 105 Å². The topological polar surface area (TPSA) is 42.7 Å². The zero-order chi connectivity index (χ0) is 12.3. The molecule has 0 N–H and O–H groups in total. The molecule has 5 heteroatoms. The zero-order valence-electron chi connectivity index (χ0n) is 10.1. The lowest BCUT2D eigenvalue weighted by atomic mass is 10.3. The average molecular weight is 255 g/mol. The summed E-state index contributed by atoms with van der Waals surface area (Å²) < 4.78 is 10.7. The van der Waals surface area contributed by atoms with Crippen molar-refractivity contribution in [3.8, 4) is 0 Å². The number of aryl methyl sites for hydroxylation is 1. The zero-order valence-corrected chi connectivity index (χ0v) is 11.0. The predicted octanol–water partition coefficient (Wildman–Crippen LogP) is 2.06. The Bertz CT molecular complexity index is 391. The van der Waals surface area contributed by atoms with Gasteiger partial charge in [-0.25, -0.2) is 0 Å². The molecule has 0 aromatic carbocycles. The van der Waals surface area contributed by atoms with Gasteiger partial charge >= 0.3 is 0 Å². The molecule has 1 aliphatic heterocycles. The smallest absolute Gasteiger partial charge is 0.234 e. The fraction of sp³-hybridized carbons (Fsp3) is 0.583. The van der Waals surface area contributed by atoms with Crippen molar-refractivity contribution in [1.29, 1.82) is 0 Å². The summed E-state index contributed by atoms with van der Waals surface area (Å²) in [5.41, 5.74) is 0. The third kappa shape index (κ3) is 2.66. The van der Waals surface area contributed by atoms with Crippen molar-refractivity contribution >= 4 is 17.7 Å². The van der Waals surface area contributed by atoms with Gasteiger partial charge in [-0.2, -0.15) is 0 Å². The van der Waals surface area contributed by atoms with E-state index in [1.54, 1.807) is 18.9 Å². The van der Waals surface area contributed by atoms with E-state index in [0.717, 1.165) is 17.9 Å². The van der Waals surface area contributed by atoms with E-state index in [0.29, 0.717) is 18.9 Å². The van der Waals surface area contributed by atoms with Crippen molar-refractivity contribution < 1.29 is 13.9 Å². The molecule has 1 aromatic rings. The molecule has 17 heavy (non-hydrogen) atoms. The average Bonchev–Trinajstić information content (AvgIpc) is 2.93. The Morgan fingerprint density at radius 1 is 1.59 bits per heavy atom. The summed E-state index contributed by atoms with van der Waals surface area (Å²) >= 11 is 1.61. The molecule has 1 amide bonds. The molecule has 4 nitrogen and oxygen atoms in total. The van der Waals surface area contributed by atoms with Gasteiger partial charge in [0.15, 0.2) is 0 Å². The van der Waals surface area contributed by atoms with Gasteiger partial charge in [-0.15, -0.1) is 11.8 Å². The van der Waals surface area contributed by atoms with Crippen LogP contribution in [0.4, 0.5) is 0 Å². The number of furan rings is 1. The van der Waals surface area contributed by atoms with E-state index in [4.69, 9.17) is 9.15 Å². The molecule has 1 fully saturated rings. The summed E-state index contributed by atoms with van der Waals surface area (Å²) in [6.45, 7) is 3.23. The molecule has 1 atom stereocenters. The van der Waals surface area contributed by atoms with Crippen LogP contribution < -0.4 is 0 Å². The molecule has 0 aliphatic carbocycles. The van der Waals surface area contributed by atoms with Crippen LogP contribution in [-0.2, 0) is 16.0 Å². The minimum atomic E-state index is 0.0120. The highest BCUT2D eigenvalue weighted by Gasteiger charge is 2.34. The molecule has 2 heterocycles. The van der Waals surface area contributed by atoms with Gasteiger partial charge in [0, 0.05) is 20.1 Å². The first-order chi connectivity index (χ1) is 8.26. The molecule has 2 rings (SSSR count). The molecule has 0 saturated carbocycles. The molecule has 1 aliphatic rings. The molecule has 94 valence electrons. The normalized spacial score (nSPS) is 20.2. The molecule has 0 bridgehead atoms. The number of carbonyl (C=O) groups excluding carboxylic acids is 1. The molecular formula is C12H17NO3S. The summed E-state index contributed by atoms with van der Waals surface area (Å²) in [5.74, 6) is 2.52. The Morgan fingerprint density at radius 2 is 2.41 bits per heavy atom. The van der Waals surface area contributed by atoms with Crippen molar-refractivity contribution in [2.45, 2.75) is 18.7 Å². The SMILES string of the molecule is CCc1ccc(C2SCC(=O)N2CCOC)o1. The fourth-order valence-electron chi connectivity index (χ4n) is 1.84. The molecule has 0 spiro atoms. The van der Waals surface area contributed by atoms with Crippen LogP contribution in [0.15, 0.2) is 16.5 Å². The highest BCUT2D eigenvalue weighted by molar-refractivity contribution is 8.00. The lowest BCUT2D eigenvalue weighted by molar-refractivity contribution is -0.128. The number of amides is 1. The van der Waals surface area contributed by atoms with Crippen molar-refractivity contribution in [3.05, 3.63) is 23.7 Å². The van der Waals surface area contributed by atoms with E-state index in [-0.39, 0.29) is 11.3 Å². The van der Waals surface area contributed by atoms with E-state index in [9.17, 15) is 4.79 Å². The van der Waals surface area contributed by atoms with Crippen LogP contribution in [0.25, 0.3) is 0 Å². The molecule has 1 aromatic heterocycles. The van der Waals surface area contributed by atoms with Crippen molar-refractivity contribution in [2.75, 3.05) is 26.0 Å². The van der Waals surface area contributed by atoms with E-state index in [1.165, 1.54) is 0 Å². The standard InChI is InChI=1S/C12H17NO3S/c1-3-9-4-5-10(16-9)12-13(6-7-15-2)11(14)8-17-12/h4-5,12H,3,6-8H2,1-2H3. The molecule has 1 saturated heterocycles. The Hall–Kier alpha value is -0.940. The Balaban J connectivity index is 2.10. The number of carbonyl (C=O) groups is 1. The van der Waals surface area contributed by atoms with Crippen LogP contribution in [-0.4, -0.2) is 36.8 Å². The molecule has 1 unspecified atom stereocenters. The van der Waals surface area contributed by atoms with Gasteiger partial charge in [-0.3, -0.25) is 4.79 Å². The molecule has 0 radical (unpaired) electrons. The highest BCUT2D eigenvalue weighted by Crippen LogP contribution is 2.39. The fourth-order valence-corrected chi connectivity index (χ4v) is 3.00. The van der Waals surface area contributed by atoms with Crippen LogP contribution in [0.5, 0.6) is 0 Å². The highest BCUT2D eigenvalue weighted by atomic mass is 32.2. The van der Waals surface area contributed by atoms with E-state index < -0.39 is 0 Å². The third-order valence-corrected chi connectivity index (χ3v) is 3.99. The van der Waals surface area contributed by atoms with Crippen LogP contribution in [0, 0.1) is 0 Å². The Kier molecular flexibility index (Phi) is 4.12. The lowest BCUT2D eigenvalue weighted by Gasteiger charge is -2.21. The van der Waals surface area contributed by atoms with Crippen LogP contribution in [0.2, 0.25) is 0 Å². The summed E-state index contributed by atoms with van der Waals surface area (Å²) in [5, 5.41) is 0.0120. The lowest BCUT2D eigenvalue weighted by Crippen LogP contribution is -2.31. The minimum absolute atomic E-state index is 0.0120. The van der Waals surface area contributed by atoms with E-state index in [2.05, 4.69) is 6.92 Å². The monoisotopic (exact) mass is 255 g/mol. The van der Waals surface area contributed by atoms with Crippen molar-refractivity contribution in [2.24, 2.45) is 0 Å². The second-order valence-electron chi connectivity index (χ2n) is 3.90. The van der Waals surface area contributed by atoms with Gasteiger partial charge in [-0.05, 0) is 12.1 Å². The van der Waals surface area contributed by atoms with E-state index in [1.807, 2.05) is 17.0 Å². The number of hydrogen-bond acceptors (Lipinski definition) is 4. The van der Waals surface area contributed by atoms with Crippen molar-refractivity contribution in [1.82, 2.24) is 4.90 Å². The number of ether oxygens (including phenoxy) is 1. The number of hydrogen-bond donors (Lipinski definition) is 0. The van der Waals surface area contributed by atoms with Crippen LogP contribution >= 0.6 is 11.8 Å². The first-order valence-electron chi connectivity index (χ1n) is 5.75. The van der Waals surface area contributed by atoms with Gasteiger partial charge in [-0.1, -0.05) is 6.92 Å². The largest absolute Gasteiger partial charge is 0.463 e. The summed E-state index contributed by atoms with van der Waals surface area (Å²) in [6, 6.07) is 3.95. The Morgan fingerprint density at radius 3 is 3.06 bits per heavy atom. The maximum absolute atomic E-state index is 11.7. The van der Waals surface area contributed by atoms with Crippen molar-refractivity contribution in [3.63, 3.8) is 0 Å². The summed E-state index contributed by atoms with van der Waals surface area (Å²) in [4.78, 5) is 13.6. The minimum Gasteiger partial charge on any atom is -0.463 e. The van der Waals surface area contributed by atoms with Crippen LogP contribution in [0.1, 0.15) is 23.8 Å². The summed E-state index contributed by atoms with van der Waals surface area (Å²) in [7, 11) is 1.64. The first kappa shape index (κ1) is 12.5. The van der Waals surface area contributed by atoms with E-state index >= 15 is 0 Å². The predicted molar refractivity (Wildman–Crippen MR) is 66.9 cm³/mol. The van der Waals surface area contributed by atoms with Gasteiger partial charge in [0.1, 0.15) is 16.9 Å². The second-order valence-corrected chi connectivity index (χ2v) is 4.97. The number of thioether (sulfide) groups is 1. The number of nitrogens with zero attached hydrogens (tertiary/aromatic N) is 1. The quantitative estimate of drug-likeness (QED) is 0.807. The maximum atomic E-state index is 11.7. The first-order valence-corrected chi connectivity index (χ1v) is 6.79. The van der Waals surface area contributed by atoms with Crippen LogP contribution in [0.3, 0.4) is 0 Å². The van der Waals surface area contributed by atoms with Gasteiger partial charge in [0.2, 0.25) is 5.91 Å². The van der Waals surface area contributed by atoms with Gasteiger partial charge in [0.25, 0.3) is 0 Å². The molecular weight excluding hydrogens is 238 g/mol. The maximum Gasteiger partial charge on any atom is 0.234 e. The second kappa shape index (κ2) is 5.60. The number of rotatable bonds is 5. The van der Waals surface area contributed by atoms with Gasteiger partial charge < -0.3 is 14.1 Å². The summed E-state index contributed by atoms with van der Waals surface area (Å²) in [6.07, 6.45) is 0.878. The third-order valence-electron chi connectivity index (χ3n) is 2.78. The van der Waals surface area contributed by atoms with Gasteiger partial charge in [0.05, 0.1) is 12.4 Å². The number of methoxy groups -OCH3 is 1.